The lowest BCUT2D eigenvalue weighted by Gasteiger charge is -2.23. The van der Waals surface area contributed by atoms with Crippen LogP contribution < -0.4 is 5.32 Å². The summed E-state index contributed by atoms with van der Waals surface area (Å²) in [7, 11) is 1.73. The smallest absolute Gasteiger partial charge is 0.323 e. The zero-order valence-electron chi connectivity index (χ0n) is 13.8. The minimum Gasteiger partial charge on any atom is -0.480 e. The molecule has 20 heavy (non-hydrogen) atoms. The largest absolute Gasteiger partial charge is 0.480 e. The average molecular weight is 285 g/mol. The van der Waals surface area contributed by atoms with E-state index in [0.29, 0.717) is 0 Å². The number of carbonyl (C=O) groups is 1. The predicted molar refractivity (Wildman–Crippen MR) is 86.2 cm³/mol. The molecule has 0 aliphatic carbocycles. The molecule has 0 radical (unpaired) electrons. The summed E-state index contributed by atoms with van der Waals surface area (Å²) in [6.45, 7) is 4.02. The van der Waals surface area contributed by atoms with E-state index in [4.69, 9.17) is 5.11 Å². The van der Waals surface area contributed by atoms with Crippen LogP contribution in [0.5, 0.6) is 0 Å². The molecule has 120 valence electrons. The topological polar surface area (TPSA) is 49.3 Å². The molecule has 2 N–H and O–H groups in total. The number of rotatable bonds is 14. The van der Waals surface area contributed by atoms with E-state index in [0.717, 1.165) is 19.3 Å². The van der Waals surface area contributed by atoms with Gasteiger partial charge in [0.05, 0.1) is 0 Å². The van der Waals surface area contributed by atoms with Crippen molar-refractivity contribution in [1.29, 1.82) is 0 Å². The summed E-state index contributed by atoms with van der Waals surface area (Å²) in [5.41, 5.74) is -0.751. The molecule has 0 fully saturated rings. The number of aliphatic carboxylic acids is 1. The van der Waals surface area contributed by atoms with Crippen LogP contribution in [0.25, 0.3) is 0 Å². The highest BCUT2D eigenvalue weighted by molar-refractivity contribution is 5.78. The maximum absolute atomic E-state index is 11.1. The third-order valence-corrected chi connectivity index (χ3v) is 4.30. The van der Waals surface area contributed by atoms with Crippen molar-refractivity contribution in [2.24, 2.45) is 0 Å². The fourth-order valence-electron chi connectivity index (χ4n) is 2.48. The number of carboxylic acids is 1. The molecule has 0 rings (SSSR count). The van der Waals surface area contributed by atoms with Crippen molar-refractivity contribution >= 4 is 5.97 Å². The van der Waals surface area contributed by atoms with E-state index < -0.39 is 11.5 Å². The van der Waals surface area contributed by atoms with Gasteiger partial charge >= 0.3 is 5.97 Å². The molecule has 0 spiro atoms. The lowest BCUT2D eigenvalue weighted by molar-refractivity contribution is -0.144. The third kappa shape index (κ3) is 9.35. The van der Waals surface area contributed by atoms with Crippen LogP contribution in [0, 0.1) is 0 Å². The number of unbranched alkanes of at least 4 members (excludes halogenated alkanes) is 10. The summed E-state index contributed by atoms with van der Waals surface area (Å²) < 4.78 is 0. The number of hydrogen-bond acceptors (Lipinski definition) is 2. The van der Waals surface area contributed by atoms with Crippen LogP contribution in [0.2, 0.25) is 0 Å². The highest BCUT2D eigenvalue weighted by Gasteiger charge is 2.29. The third-order valence-electron chi connectivity index (χ3n) is 4.30. The van der Waals surface area contributed by atoms with Gasteiger partial charge in [0.2, 0.25) is 0 Å². The van der Waals surface area contributed by atoms with Crippen LogP contribution in [0.4, 0.5) is 0 Å². The molecule has 1 atom stereocenters. The van der Waals surface area contributed by atoms with Gasteiger partial charge in [-0.3, -0.25) is 4.79 Å². The standard InChI is InChI=1S/C17H35NO2/c1-4-5-6-7-8-9-10-11-12-13-14-15-17(2,18-3)16(19)20/h18H,4-15H2,1-3H3,(H,19,20). The van der Waals surface area contributed by atoms with Crippen molar-refractivity contribution in [1.82, 2.24) is 5.32 Å². The lowest BCUT2D eigenvalue weighted by atomic mass is 9.94. The Bertz CT molecular complexity index is 243. The van der Waals surface area contributed by atoms with Crippen molar-refractivity contribution in [2.75, 3.05) is 7.05 Å². The van der Waals surface area contributed by atoms with E-state index in [1.54, 1.807) is 14.0 Å². The second-order valence-electron chi connectivity index (χ2n) is 6.17. The average Bonchev–Trinajstić information content (AvgIpc) is 2.44. The first-order chi connectivity index (χ1) is 9.56. The van der Waals surface area contributed by atoms with E-state index >= 15 is 0 Å². The second kappa shape index (κ2) is 12.2. The van der Waals surface area contributed by atoms with Crippen molar-refractivity contribution < 1.29 is 9.90 Å². The van der Waals surface area contributed by atoms with Crippen LogP contribution >= 0.6 is 0 Å². The Labute approximate surface area is 125 Å². The first-order valence-electron chi connectivity index (χ1n) is 8.49. The van der Waals surface area contributed by atoms with E-state index in [2.05, 4.69) is 12.2 Å². The molecule has 0 aromatic heterocycles. The number of nitrogens with one attached hydrogen (secondary N) is 1. The van der Waals surface area contributed by atoms with Crippen LogP contribution in [0.15, 0.2) is 0 Å². The second-order valence-corrected chi connectivity index (χ2v) is 6.17. The normalized spacial score (nSPS) is 14.2. The van der Waals surface area contributed by atoms with Gasteiger partial charge in [-0.05, 0) is 20.4 Å². The summed E-state index contributed by atoms with van der Waals surface area (Å²) in [5.74, 6) is -0.743. The summed E-state index contributed by atoms with van der Waals surface area (Å²) in [4.78, 5) is 11.1. The summed E-state index contributed by atoms with van der Waals surface area (Å²) in [6.07, 6.45) is 15.0. The van der Waals surface area contributed by atoms with Gasteiger partial charge < -0.3 is 10.4 Å². The first-order valence-corrected chi connectivity index (χ1v) is 8.49. The number of carboxylic acid groups (broad SMARTS) is 1. The number of likely N-dealkylation sites (N-methyl/N-ethyl adjacent to an activating group) is 1. The quantitative estimate of drug-likeness (QED) is 0.453. The van der Waals surface area contributed by atoms with Gasteiger partial charge in [-0.1, -0.05) is 77.6 Å². The fraction of sp³-hybridized carbons (Fsp3) is 0.941. The number of hydrogen-bond donors (Lipinski definition) is 2. The Balaban J connectivity index is 3.34. The van der Waals surface area contributed by atoms with E-state index in [-0.39, 0.29) is 0 Å². The molecule has 0 aromatic carbocycles. The van der Waals surface area contributed by atoms with E-state index in [1.165, 1.54) is 57.8 Å². The van der Waals surface area contributed by atoms with Crippen LogP contribution in [0.3, 0.4) is 0 Å². The Morgan fingerprint density at radius 2 is 1.30 bits per heavy atom. The zero-order chi connectivity index (χ0) is 15.3. The van der Waals surface area contributed by atoms with Crippen molar-refractivity contribution in [3.8, 4) is 0 Å². The minimum absolute atomic E-state index is 0.718. The Morgan fingerprint density at radius 1 is 0.900 bits per heavy atom. The molecule has 0 aliphatic heterocycles. The van der Waals surface area contributed by atoms with Crippen LogP contribution in [-0.2, 0) is 4.79 Å². The molecule has 0 saturated carbocycles. The van der Waals surface area contributed by atoms with Gasteiger partial charge in [-0.25, -0.2) is 0 Å². The van der Waals surface area contributed by atoms with E-state index in [9.17, 15) is 4.79 Å². The molecule has 0 aliphatic rings. The lowest BCUT2D eigenvalue weighted by Crippen LogP contribution is -2.47. The SMILES string of the molecule is CCCCCCCCCCCCCC(C)(NC)C(=O)O. The summed E-state index contributed by atoms with van der Waals surface area (Å²) in [5, 5.41) is 12.0. The Kier molecular flexibility index (Phi) is 11.8. The summed E-state index contributed by atoms with van der Waals surface area (Å²) >= 11 is 0. The Morgan fingerprint density at radius 3 is 1.65 bits per heavy atom. The van der Waals surface area contributed by atoms with Gasteiger partial charge in [0.1, 0.15) is 5.54 Å². The maximum Gasteiger partial charge on any atom is 0.323 e. The van der Waals surface area contributed by atoms with Gasteiger partial charge in [0.15, 0.2) is 0 Å². The highest BCUT2D eigenvalue weighted by Crippen LogP contribution is 2.16. The van der Waals surface area contributed by atoms with Gasteiger partial charge in [-0.15, -0.1) is 0 Å². The maximum atomic E-state index is 11.1. The molecule has 0 bridgehead atoms. The fourth-order valence-corrected chi connectivity index (χ4v) is 2.48. The minimum atomic E-state index is -0.751. The molecule has 3 nitrogen and oxygen atoms in total. The van der Waals surface area contributed by atoms with Crippen LogP contribution in [-0.4, -0.2) is 23.7 Å². The zero-order valence-corrected chi connectivity index (χ0v) is 13.8. The van der Waals surface area contributed by atoms with Crippen LogP contribution in [0.1, 0.15) is 90.9 Å². The van der Waals surface area contributed by atoms with Crippen molar-refractivity contribution in [3.63, 3.8) is 0 Å². The molecular weight excluding hydrogens is 250 g/mol. The monoisotopic (exact) mass is 285 g/mol. The Hall–Kier alpha value is -0.570. The van der Waals surface area contributed by atoms with E-state index in [1.807, 2.05) is 0 Å². The molecule has 1 unspecified atom stereocenters. The predicted octanol–water partition coefficient (Wildman–Crippen LogP) is 4.75. The molecule has 0 heterocycles. The molecule has 0 aromatic rings. The highest BCUT2D eigenvalue weighted by atomic mass is 16.4. The van der Waals surface area contributed by atoms with Crippen molar-refractivity contribution in [3.05, 3.63) is 0 Å². The van der Waals surface area contributed by atoms with Gasteiger partial charge in [-0.2, -0.15) is 0 Å². The van der Waals surface area contributed by atoms with Crippen molar-refractivity contribution in [2.45, 2.75) is 96.4 Å². The molecule has 0 saturated heterocycles. The molecule has 0 amide bonds. The molecular formula is C17H35NO2. The first kappa shape index (κ1) is 19.4. The molecule has 3 heteroatoms. The van der Waals surface area contributed by atoms with Gasteiger partial charge in [0, 0.05) is 0 Å². The summed E-state index contributed by atoms with van der Waals surface area (Å²) in [6, 6.07) is 0. The van der Waals surface area contributed by atoms with Gasteiger partial charge in [0.25, 0.3) is 0 Å².